The second-order valence-corrected chi connectivity index (χ2v) is 13.6. The van der Waals surface area contributed by atoms with Gasteiger partial charge in [0.05, 0.1) is 5.39 Å². The van der Waals surface area contributed by atoms with E-state index in [1.165, 1.54) is 43.9 Å². The number of anilines is 1. The Balaban J connectivity index is 1.22. The van der Waals surface area contributed by atoms with Crippen LogP contribution in [0.1, 0.15) is 68.0 Å². The molecule has 1 aliphatic carbocycles. The summed E-state index contributed by atoms with van der Waals surface area (Å²) in [6, 6.07) is 12.2. The zero-order chi connectivity index (χ0) is 33.8. The van der Waals surface area contributed by atoms with E-state index in [-0.39, 0.29) is 40.4 Å². The van der Waals surface area contributed by atoms with Crippen LogP contribution in [0.4, 0.5) is 5.69 Å². The first kappa shape index (κ1) is 33.4. The number of rotatable bonds is 9. The van der Waals surface area contributed by atoms with Gasteiger partial charge in [0.25, 0.3) is 5.91 Å². The van der Waals surface area contributed by atoms with E-state index in [2.05, 4.69) is 15.4 Å². The summed E-state index contributed by atoms with van der Waals surface area (Å²) in [5, 5.41) is 8.11. The number of likely N-dealkylation sites (tertiary alicyclic amines) is 1. The second-order valence-electron chi connectivity index (χ2n) is 13.2. The Morgan fingerprint density at radius 1 is 1.06 bits per heavy atom. The number of hydrogen-bond acceptors (Lipinski definition) is 7. The molecule has 3 heterocycles. The van der Waals surface area contributed by atoms with Crippen LogP contribution in [-0.4, -0.2) is 63.6 Å². The lowest BCUT2D eigenvalue weighted by Gasteiger charge is -2.48. The highest BCUT2D eigenvalue weighted by Crippen LogP contribution is 2.47. The Kier molecular flexibility index (Phi) is 9.96. The highest BCUT2D eigenvalue weighted by Gasteiger charge is 2.44. The van der Waals surface area contributed by atoms with Gasteiger partial charge in [0.15, 0.2) is 11.2 Å². The van der Waals surface area contributed by atoms with Gasteiger partial charge in [-0.25, -0.2) is 4.98 Å². The molecule has 12 heteroatoms. The van der Waals surface area contributed by atoms with E-state index in [1.807, 2.05) is 21.7 Å². The molecule has 2 aliphatic rings. The highest BCUT2D eigenvalue weighted by atomic mass is 35.5. The van der Waals surface area contributed by atoms with Crippen LogP contribution in [0.2, 0.25) is 5.02 Å². The van der Waals surface area contributed by atoms with Crippen LogP contribution in [0, 0.1) is 11.3 Å². The molecule has 4 aromatic rings. The average molecular weight is 673 g/mol. The summed E-state index contributed by atoms with van der Waals surface area (Å²) in [6.45, 7) is 3.34. The van der Waals surface area contributed by atoms with Crippen molar-refractivity contribution in [3.63, 3.8) is 0 Å². The molecule has 1 saturated carbocycles. The molecule has 252 valence electrons. The summed E-state index contributed by atoms with van der Waals surface area (Å²) in [5.74, 6) is -0.666. The lowest BCUT2D eigenvalue weighted by Crippen LogP contribution is -2.54. The van der Waals surface area contributed by atoms with Crippen molar-refractivity contribution in [1.82, 2.24) is 25.0 Å². The fraction of sp³-hybridized carbons (Fsp3) is 0.444. The van der Waals surface area contributed by atoms with Crippen LogP contribution < -0.4 is 15.6 Å². The summed E-state index contributed by atoms with van der Waals surface area (Å²) in [7, 11) is 1.61. The quantitative estimate of drug-likeness (QED) is 0.257. The Bertz CT molecular complexity index is 1830. The van der Waals surface area contributed by atoms with Crippen molar-refractivity contribution >= 4 is 46.0 Å². The molecule has 11 nitrogen and oxygen atoms in total. The summed E-state index contributed by atoms with van der Waals surface area (Å²) in [4.78, 5) is 60.2. The van der Waals surface area contributed by atoms with Crippen LogP contribution in [-0.2, 0) is 22.6 Å². The minimum atomic E-state index is -0.899. The molecular weight excluding hydrogens is 632 g/mol. The minimum absolute atomic E-state index is 0.0212. The predicted molar refractivity (Wildman–Crippen MR) is 183 cm³/mol. The molecule has 1 N–H and O–H groups in total. The molecule has 0 spiro atoms. The lowest BCUT2D eigenvalue weighted by atomic mass is 9.63. The highest BCUT2D eigenvalue weighted by molar-refractivity contribution is 6.30. The summed E-state index contributed by atoms with van der Waals surface area (Å²) >= 11 is 6.13. The number of nitrogens with zero attached hydrogens (tertiary/aromatic N) is 5. The predicted octanol–water partition coefficient (Wildman–Crippen LogP) is 5.25. The first-order valence-corrected chi connectivity index (χ1v) is 17.0. The Hall–Kier alpha value is -4.51. The third kappa shape index (κ3) is 7.31. The van der Waals surface area contributed by atoms with Crippen molar-refractivity contribution < 1.29 is 18.8 Å². The van der Waals surface area contributed by atoms with Gasteiger partial charge in [-0.1, -0.05) is 43.0 Å². The van der Waals surface area contributed by atoms with Crippen molar-refractivity contribution in [3.05, 3.63) is 87.8 Å². The van der Waals surface area contributed by atoms with Crippen LogP contribution in [0.5, 0.6) is 0 Å². The van der Waals surface area contributed by atoms with Gasteiger partial charge in [-0.05, 0) is 72.9 Å². The number of fused-ring (bicyclic) bond motifs is 1. The fourth-order valence-electron chi connectivity index (χ4n) is 7.37. The van der Waals surface area contributed by atoms with Crippen molar-refractivity contribution in [3.8, 4) is 0 Å². The molecule has 2 aromatic heterocycles. The zero-order valence-corrected chi connectivity index (χ0v) is 28.1. The first-order chi connectivity index (χ1) is 23.1. The minimum Gasteiger partial charge on any atom is -0.451 e. The number of benzene rings is 2. The average Bonchev–Trinajstić information content (AvgIpc) is 3.61. The number of nitrogens with one attached hydrogen (secondary N) is 1. The Morgan fingerprint density at radius 3 is 2.46 bits per heavy atom. The Labute approximate surface area is 284 Å². The van der Waals surface area contributed by atoms with Gasteiger partial charge in [-0.15, -0.1) is 0 Å². The fourth-order valence-corrected chi connectivity index (χ4v) is 7.50. The maximum atomic E-state index is 14.2. The van der Waals surface area contributed by atoms with Gasteiger partial charge in [-0.3, -0.25) is 23.9 Å². The molecule has 2 aromatic carbocycles. The number of piperidine rings is 1. The molecular formula is C36H41ClN6O5. The topological polar surface area (TPSA) is 131 Å². The third-order valence-electron chi connectivity index (χ3n) is 10.2. The van der Waals surface area contributed by atoms with E-state index in [1.54, 1.807) is 50.0 Å². The molecule has 1 aliphatic heterocycles. The van der Waals surface area contributed by atoms with Crippen LogP contribution in [0.25, 0.3) is 11.0 Å². The molecule has 2 fully saturated rings. The van der Waals surface area contributed by atoms with E-state index in [0.717, 1.165) is 31.0 Å². The second kappa shape index (κ2) is 14.3. The molecule has 0 bridgehead atoms. The summed E-state index contributed by atoms with van der Waals surface area (Å²) in [6.07, 6.45) is 11.3. The van der Waals surface area contributed by atoms with Gasteiger partial charge in [0.2, 0.25) is 11.8 Å². The number of carbonyl (C=O) groups is 3. The third-order valence-corrected chi connectivity index (χ3v) is 10.5. The van der Waals surface area contributed by atoms with Crippen molar-refractivity contribution in [1.29, 1.82) is 0 Å². The van der Waals surface area contributed by atoms with E-state index in [0.29, 0.717) is 29.7 Å². The van der Waals surface area contributed by atoms with Crippen molar-refractivity contribution in [2.45, 2.75) is 70.9 Å². The van der Waals surface area contributed by atoms with Gasteiger partial charge in [-0.2, -0.15) is 5.10 Å². The van der Waals surface area contributed by atoms with Gasteiger partial charge >= 0.3 is 0 Å². The first-order valence-electron chi connectivity index (χ1n) is 16.6. The maximum Gasteiger partial charge on any atom is 0.287 e. The SMILES string of the molecule is CC(=O)N(C)c1ccc2oc(C(=O)N[C@H](Cc3ccc(Cl)cc3)C(=O)N3CCC(Cn4cncn4)(C4CCCCC4)CC3)cc(=O)c2c1. The Morgan fingerprint density at radius 2 is 1.79 bits per heavy atom. The molecule has 1 saturated heterocycles. The van der Waals surface area contributed by atoms with E-state index < -0.39 is 17.4 Å². The number of hydrogen-bond donors (Lipinski definition) is 1. The lowest BCUT2D eigenvalue weighted by molar-refractivity contribution is -0.137. The number of halogens is 1. The van der Waals surface area contributed by atoms with E-state index >= 15 is 0 Å². The smallest absolute Gasteiger partial charge is 0.287 e. The van der Waals surface area contributed by atoms with Crippen LogP contribution in [0.15, 0.2) is 70.4 Å². The zero-order valence-electron chi connectivity index (χ0n) is 27.4. The maximum absolute atomic E-state index is 14.2. The standard InChI is InChI=1S/C36H41ClN6O5/c1-24(44)41(2)28-12-13-32-29(19-28)31(45)20-33(48-32)34(46)40-30(18-25-8-10-27(37)11-9-25)35(47)42-16-14-36(15-17-42,21-43-23-38-22-39-43)26-6-4-3-5-7-26/h8-13,19-20,22-23,26,30H,3-7,14-18,21H2,1-2H3,(H,40,46)/t30-/m1/s1. The van der Waals surface area contributed by atoms with Crippen molar-refractivity contribution in [2.75, 3.05) is 25.0 Å². The van der Waals surface area contributed by atoms with E-state index in [9.17, 15) is 19.2 Å². The monoisotopic (exact) mass is 672 g/mol. The molecule has 0 radical (unpaired) electrons. The van der Waals surface area contributed by atoms with Crippen LogP contribution >= 0.6 is 11.6 Å². The molecule has 0 unspecified atom stereocenters. The van der Waals surface area contributed by atoms with E-state index in [4.69, 9.17) is 16.0 Å². The number of aromatic nitrogens is 3. The normalized spacial score (nSPS) is 17.2. The molecule has 48 heavy (non-hydrogen) atoms. The molecule has 6 rings (SSSR count). The molecule has 1 atom stereocenters. The van der Waals surface area contributed by atoms with Gasteiger partial charge in [0.1, 0.15) is 24.3 Å². The molecule has 3 amide bonds. The van der Waals surface area contributed by atoms with Crippen molar-refractivity contribution in [2.24, 2.45) is 11.3 Å². The van der Waals surface area contributed by atoms with Crippen LogP contribution in [0.3, 0.4) is 0 Å². The summed E-state index contributed by atoms with van der Waals surface area (Å²) in [5.41, 5.74) is 1.16. The number of carbonyl (C=O) groups excluding carboxylic acids is 3. The summed E-state index contributed by atoms with van der Waals surface area (Å²) < 4.78 is 7.79. The largest absolute Gasteiger partial charge is 0.451 e. The number of amides is 3. The van der Waals surface area contributed by atoms with Gasteiger partial charge in [0, 0.05) is 56.8 Å². The van der Waals surface area contributed by atoms with Gasteiger partial charge < -0.3 is 19.5 Å².